The van der Waals surface area contributed by atoms with Gasteiger partial charge in [-0.1, -0.05) is 58.7 Å². The maximum atomic E-state index is 6.32. The van der Waals surface area contributed by atoms with E-state index in [1.807, 2.05) is 12.1 Å². The Labute approximate surface area is 123 Å². The molecule has 1 fully saturated rings. The van der Waals surface area contributed by atoms with Gasteiger partial charge in [-0.3, -0.25) is 0 Å². The van der Waals surface area contributed by atoms with Crippen LogP contribution in [0, 0.1) is 0 Å². The first-order valence-electron chi connectivity index (χ1n) is 6.85. The molecule has 2 aromatic rings. The second-order valence-corrected chi connectivity index (χ2v) is 6.24. The van der Waals surface area contributed by atoms with E-state index >= 15 is 0 Å². The molecule has 0 spiro atoms. The predicted octanol–water partition coefficient (Wildman–Crippen LogP) is 4.76. The van der Waals surface area contributed by atoms with E-state index in [9.17, 15) is 0 Å². The molecule has 0 amide bonds. The van der Waals surface area contributed by atoms with Crippen LogP contribution in [0.5, 0.6) is 0 Å². The SMILES string of the molecule is NC(c1ccc(Br)cc1)c1ccc(C2CCC2)cc1. The highest BCUT2D eigenvalue weighted by Crippen LogP contribution is 2.36. The molecule has 1 atom stereocenters. The molecule has 0 aromatic heterocycles. The largest absolute Gasteiger partial charge is 0.320 e. The van der Waals surface area contributed by atoms with Crippen molar-refractivity contribution in [3.05, 3.63) is 69.7 Å². The molecule has 1 aliphatic rings. The van der Waals surface area contributed by atoms with Crippen molar-refractivity contribution < 1.29 is 0 Å². The van der Waals surface area contributed by atoms with Crippen molar-refractivity contribution in [2.24, 2.45) is 5.73 Å². The molecular formula is C17H18BrN. The average Bonchev–Trinajstić information content (AvgIpc) is 2.38. The van der Waals surface area contributed by atoms with Crippen LogP contribution in [0.25, 0.3) is 0 Å². The number of rotatable bonds is 3. The summed E-state index contributed by atoms with van der Waals surface area (Å²) in [5.41, 5.74) is 10.1. The van der Waals surface area contributed by atoms with E-state index in [1.54, 1.807) is 0 Å². The zero-order valence-corrected chi connectivity index (χ0v) is 12.4. The number of hydrogen-bond acceptors (Lipinski definition) is 1. The van der Waals surface area contributed by atoms with Gasteiger partial charge in [-0.2, -0.15) is 0 Å². The zero-order chi connectivity index (χ0) is 13.2. The first-order valence-corrected chi connectivity index (χ1v) is 7.64. The van der Waals surface area contributed by atoms with Gasteiger partial charge in [0, 0.05) is 4.47 Å². The fraction of sp³-hybridized carbons (Fsp3) is 0.294. The molecule has 0 bridgehead atoms. The first-order chi connectivity index (χ1) is 9.24. The van der Waals surface area contributed by atoms with Crippen LogP contribution >= 0.6 is 15.9 Å². The first kappa shape index (κ1) is 12.9. The molecule has 3 rings (SSSR count). The molecular weight excluding hydrogens is 298 g/mol. The van der Waals surface area contributed by atoms with Crippen molar-refractivity contribution in [1.29, 1.82) is 0 Å². The monoisotopic (exact) mass is 315 g/mol. The van der Waals surface area contributed by atoms with Gasteiger partial charge in [-0.05, 0) is 47.6 Å². The van der Waals surface area contributed by atoms with Crippen molar-refractivity contribution in [3.8, 4) is 0 Å². The lowest BCUT2D eigenvalue weighted by Gasteiger charge is -2.26. The molecule has 1 saturated carbocycles. The maximum Gasteiger partial charge on any atom is 0.0551 e. The molecule has 2 N–H and O–H groups in total. The highest BCUT2D eigenvalue weighted by molar-refractivity contribution is 9.10. The van der Waals surface area contributed by atoms with Gasteiger partial charge in [0.25, 0.3) is 0 Å². The maximum absolute atomic E-state index is 6.32. The van der Waals surface area contributed by atoms with E-state index < -0.39 is 0 Å². The zero-order valence-electron chi connectivity index (χ0n) is 10.9. The molecule has 2 heteroatoms. The Bertz CT molecular complexity index is 540. The van der Waals surface area contributed by atoms with Crippen LogP contribution in [0.2, 0.25) is 0 Å². The summed E-state index contributed by atoms with van der Waals surface area (Å²) in [6.07, 6.45) is 4.07. The van der Waals surface area contributed by atoms with Gasteiger partial charge in [-0.25, -0.2) is 0 Å². The Morgan fingerprint density at radius 2 is 1.42 bits per heavy atom. The lowest BCUT2D eigenvalue weighted by Crippen LogP contribution is -2.13. The van der Waals surface area contributed by atoms with E-state index in [0.29, 0.717) is 0 Å². The topological polar surface area (TPSA) is 26.0 Å². The summed E-state index contributed by atoms with van der Waals surface area (Å²) in [6.45, 7) is 0. The third kappa shape index (κ3) is 2.75. The summed E-state index contributed by atoms with van der Waals surface area (Å²) in [4.78, 5) is 0. The third-order valence-electron chi connectivity index (χ3n) is 4.10. The Kier molecular flexibility index (Phi) is 3.72. The minimum absolute atomic E-state index is 0.0384. The van der Waals surface area contributed by atoms with Crippen molar-refractivity contribution in [1.82, 2.24) is 0 Å². The molecule has 0 aliphatic heterocycles. The number of hydrogen-bond donors (Lipinski definition) is 1. The van der Waals surface area contributed by atoms with E-state index in [0.717, 1.165) is 16.0 Å². The average molecular weight is 316 g/mol. The van der Waals surface area contributed by atoms with E-state index in [4.69, 9.17) is 5.73 Å². The molecule has 1 nitrogen and oxygen atoms in total. The molecule has 1 unspecified atom stereocenters. The molecule has 98 valence electrons. The summed E-state index contributed by atoms with van der Waals surface area (Å²) in [6, 6.07) is 17.1. The molecule has 1 aliphatic carbocycles. The summed E-state index contributed by atoms with van der Waals surface area (Å²) < 4.78 is 1.09. The third-order valence-corrected chi connectivity index (χ3v) is 4.63. The summed E-state index contributed by atoms with van der Waals surface area (Å²) in [7, 11) is 0. The Morgan fingerprint density at radius 3 is 1.89 bits per heavy atom. The Balaban J connectivity index is 1.79. The van der Waals surface area contributed by atoms with Gasteiger partial charge in [0.2, 0.25) is 0 Å². The fourth-order valence-corrected chi connectivity index (χ4v) is 2.84. The van der Waals surface area contributed by atoms with Crippen LogP contribution in [0.3, 0.4) is 0 Å². The van der Waals surface area contributed by atoms with Crippen LogP contribution in [-0.2, 0) is 0 Å². The quantitative estimate of drug-likeness (QED) is 0.867. The van der Waals surface area contributed by atoms with Gasteiger partial charge in [-0.15, -0.1) is 0 Å². The number of halogens is 1. The second kappa shape index (κ2) is 5.48. The fourth-order valence-electron chi connectivity index (χ4n) is 2.58. The lowest BCUT2D eigenvalue weighted by molar-refractivity contribution is 0.419. The molecule has 0 heterocycles. The van der Waals surface area contributed by atoms with Crippen LogP contribution < -0.4 is 5.73 Å². The normalized spacial score (nSPS) is 16.9. The number of benzene rings is 2. The van der Waals surface area contributed by atoms with Crippen LogP contribution in [0.15, 0.2) is 53.0 Å². The van der Waals surface area contributed by atoms with Crippen LogP contribution in [0.1, 0.15) is 47.9 Å². The van der Waals surface area contributed by atoms with Crippen LogP contribution in [0.4, 0.5) is 0 Å². The van der Waals surface area contributed by atoms with Gasteiger partial charge in [0.05, 0.1) is 6.04 Å². The van der Waals surface area contributed by atoms with Crippen molar-refractivity contribution >= 4 is 15.9 Å². The molecule has 0 saturated heterocycles. The number of nitrogens with two attached hydrogens (primary N) is 1. The molecule has 2 aromatic carbocycles. The predicted molar refractivity (Wildman–Crippen MR) is 83.2 cm³/mol. The lowest BCUT2D eigenvalue weighted by atomic mass is 9.79. The highest BCUT2D eigenvalue weighted by atomic mass is 79.9. The second-order valence-electron chi connectivity index (χ2n) is 5.32. The minimum atomic E-state index is -0.0384. The van der Waals surface area contributed by atoms with Crippen molar-refractivity contribution in [2.75, 3.05) is 0 Å². The molecule has 19 heavy (non-hydrogen) atoms. The van der Waals surface area contributed by atoms with Gasteiger partial charge >= 0.3 is 0 Å². The summed E-state index contributed by atoms with van der Waals surface area (Å²) in [5.74, 6) is 0.790. The van der Waals surface area contributed by atoms with Gasteiger partial charge in [0.15, 0.2) is 0 Å². The summed E-state index contributed by atoms with van der Waals surface area (Å²) >= 11 is 3.45. The van der Waals surface area contributed by atoms with Gasteiger partial charge < -0.3 is 5.73 Å². The van der Waals surface area contributed by atoms with Crippen molar-refractivity contribution in [2.45, 2.75) is 31.2 Å². The Hall–Kier alpha value is -1.12. The van der Waals surface area contributed by atoms with Crippen molar-refractivity contribution in [3.63, 3.8) is 0 Å². The minimum Gasteiger partial charge on any atom is -0.320 e. The smallest absolute Gasteiger partial charge is 0.0551 e. The van der Waals surface area contributed by atoms with Gasteiger partial charge in [0.1, 0.15) is 0 Å². The Morgan fingerprint density at radius 1 is 0.895 bits per heavy atom. The van der Waals surface area contributed by atoms with E-state index in [-0.39, 0.29) is 6.04 Å². The van der Waals surface area contributed by atoms with Crippen LogP contribution in [-0.4, -0.2) is 0 Å². The molecule has 0 radical (unpaired) electrons. The summed E-state index contributed by atoms with van der Waals surface area (Å²) in [5, 5.41) is 0. The standard InChI is InChI=1S/C17H18BrN/c18-16-10-8-15(9-11-16)17(19)14-6-4-13(5-7-14)12-2-1-3-12/h4-12,17H,1-3,19H2. The van der Waals surface area contributed by atoms with E-state index in [2.05, 4.69) is 52.3 Å². The van der Waals surface area contributed by atoms with E-state index in [1.165, 1.54) is 30.4 Å². The highest BCUT2D eigenvalue weighted by Gasteiger charge is 2.19.